The van der Waals surface area contributed by atoms with Gasteiger partial charge in [0.05, 0.1) is 5.60 Å². The molecule has 14 heavy (non-hydrogen) atoms. The summed E-state index contributed by atoms with van der Waals surface area (Å²) < 4.78 is 25.3. The first-order valence-corrected chi connectivity index (χ1v) is 3.68. The molecule has 0 radical (unpaired) electrons. The van der Waals surface area contributed by atoms with Crippen molar-refractivity contribution in [1.29, 1.82) is 0 Å². The molecule has 0 aromatic heterocycles. The Morgan fingerprint density at radius 3 is 1.29 bits per heavy atom. The van der Waals surface area contributed by atoms with Crippen molar-refractivity contribution in [3.8, 4) is 0 Å². The van der Waals surface area contributed by atoms with Crippen LogP contribution >= 0.6 is 0 Å². The van der Waals surface area contributed by atoms with E-state index in [-0.39, 0.29) is 59.1 Å². The SMILES string of the molecule is C=O.CC(C)(C)OO.O=S([O-])[O-].[Na+].[Na+]. The molecular formula is C5H12Na2O6S. The molecule has 0 aromatic carbocycles. The first-order valence-electron chi connectivity index (χ1n) is 2.68. The summed E-state index contributed by atoms with van der Waals surface area (Å²) in [5, 5.41) is 7.90. The van der Waals surface area contributed by atoms with Gasteiger partial charge >= 0.3 is 59.1 Å². The molecule has 1 N–H and O–H groups in total. The summed E-state index contributed by atoms with van der Waals surface area (Å²) >= 11 is -3.11. The second-order valence-electron chi connectivity index (χ2n) is 2.41. The number of carbonyl (C=O) groups is 1. The van der Waals surface area contributed by atoms with E-state index in [0.717, 1.165) is 0 Å². The van der Waals surface area contributed by atoms with Gasteiger partial charge in [-0.25, -0.2) is 4.89 Å². The first kappa shape index (κ1) is 29.6. The van der Waals surface area contributed by atoms with Crippen molar-refractivity contribution in [1.82, 2.24) is 0 Å². The predicted octanol–water partition coefficient (Wildman–Crippen LogP) is -5.91. The average Bonchev–Trinajstić information content (AvgIpc) is 1.90. The van der Waals surface area contributed by atoms with Crippen LogP contribution in [0, 0.1) is 0 Å². The van der Waals surface area contributed by atoms with Crippen LogP contribution in [0.2, 0.25) is 0 Å². The molecule has 0 aliphatic carbocycles. The molecule has 0 spiro atoms. The zero-order valence-corrected chi connectivity index (χ0v) is 13.9. The zero-order chi connectivity index (χ0) is 10.8. The average molecular weight is 246 g/mol. The Morgan fingerprint density at radius 2 is 1.29 bits per heavy atom. The standard InChI is InChI=1S/C4H10O2.CH2O.2Na.H2O3S/c1-4(2,3)6-5;1-2;;;1-4(2)3/h5H,1-3H3;1H2;;;(H2,1,2,3)/q;;2*+1;/p-2. The van der Waals surface area contributed by atoms with Gasteiger partial charge in [0.2, 0.25) is 0 Å². The van der Waals surface area contributed by atoms with E-state index in [1.54, 1.807) is 20.8 Å². The molecule has 0 rings (SSSR count). The predicted molar refractivity (Wildman–Crippen MR) is 40.3 cm³/mol. The van der Waals surface area contributed by atoms with Crippen molar-refractivity contribution in [3.63, 3.8) is 0 Å². The fraction of sp³-hybridized carbons (Fsp3) is 0.800. The van der Waals surface area contributed by atoms with Crippen LogP contribution in [0.25, 0.3) is 0 Å². The maximum absolute atomic E-state index is 8.44. The van der Waals surface area contributed by atoms with E-state index in [0.29, 0.717) is 0 Å². The van der Waals surface area contributed by atoms with Gasteiger partial charge in [0, 0.05) is 0 Å². The van der Waals surface area contributed by atoms with Gasteiger partial charge in [0.15, 0.2) is 0 Å². The van der Waals surface area contributed by atoms with E-state index in [4.69, 9.17) is 23.4 Å². The molecule has 0 heterocycles. The fourth-order valence-corrected chi connectivity index (χ4v) is 0. The summed E-state index contributed by atoms with van der Waals surface area (Å²) in [6.07, 6.45) is 0. The van der Waals surface area contributed by atoms with Crippen LogP contribution in [0.4, 0.5) is 0 Å². The molecule has 0 saturated heterocycles. The minimum Gasteiger partial charge on any atom is -0.784 e. The van der Waals surface area contributed by atoms with Crippen molar-refractivity contribution >= 4 is 18.2 Å². The van der Waals surface area contributed by atoms with Gasteiger partial charge in [0.1, 0.15) is 6.79 Å². The Balaban J connectivity index is -0.0000000302. The van der Waals surface area contributed by atoms with E-state index in [2.05, 4.69) is 4.89 Å². The van der Waals surface area contributed by atoms with Crippen LogP contribution in [0.15, 0.2) is 0 Å². The molecular weight excluding hydrogens is 234 g/mol. The number of hydrogen-bond donors (Lipinski definition) is 1. The summed E-state index contributed by atoms with van der Waals surface area (Å²) in [5.74, 6) is 0. The van der Waals surface area contributed by atoms with Gasteiger partial charge < -0.3 is 13.9 Å². The van der Waals surface area contributed by atoms with Crippen LogP contribution in [0.1, 0.15) is 20.8 Å². The van der Waals surface area contributed by atoms with Crippen LogP contribution in [0.3, 0.4) is 0 Å². The molecule has 6 nitrogen and oxygen atoms in total. The molecule has 9 heteroatoms. The topological polar surface area (TPSA) is 110 Å². The first-order chi connectivity index (χ1) is 5.29. The third-order valence-corrected chi connectivity index (χ3v) is 0.274. The molecule has 0 bridgehead atoms. The van der Waals surface area contributed by atoms with Gasteiger partial charge in [-0.2, -0.15) is 0 Å². The van der Waals surface area contributed by atoms with Crippen molar-refractivity contribution in [2.24, 2.45) is 0 Å². The van der Waals surface area contributed by atoms with Crippen molar-refractivity contribution in [2.45, 2.75) is 26.4 Å². The Labute approximate surface area is 130 Å². The van der Waals surface area contributed by atoms with E-state index in [1.165, 1.54) is 0 Å². The van der Waals surface area contributed by atoms with E-state index < -0.39 is 17.0 Å². The van der Waals surface area contributed by atoms with E-state index in [9.17, 15) is 0 Å². The zero-order valence-electron chi connectivity index (χ0n) is 9.10. The Kier molecular flexibility index (Phi) is 42.6. The summed E-state index contributed by atoms with van der Waals surface area (Å²) in [6, 6.07) is 0. The molecule has 76 valence electrons. The van der Waals surface area contributed by atoms with E-state index in [1.807, 2.05) is 6.79 Å². The summed E-state index contributed by atoms with van der Waals surface area (Å²) in [4.78, 5) is 11.9. The number of rotatable bonds is 0. The molecule has 0 amide bonds. The normalized spacial score (nSPS) is 7.93. The molecule has 0 aliphatic rings. The van der Waals surface area contributed by atoms with Crippen LogP contribution in [-0.2, 0) is 21.0 Å². The second kappa shape index (κ2) is 20.1. The minimum atomic E-state index is -3.11. The van der Waals surface area contributed by atoms with Gasteiger partial charge in [-0.3, -0.25) is 9.47 Å². The van der Waals surface area contributed by atoms with Gasteiger partial charge in [0.25, 0.3) is 0 Å². The summed E-state index contributed by atoms with van der Waals surface area (Å²) in [5.41, 5.74) is -0.403. The maximum atomic E-state index is 8.44. The van der Waals surface area contributed by atoms with E-state index >= 15 is 0 Å². The maximum Gasteiger partial charge on any atom is 1.00 e. The molecule has 0 fully saturated rings. The molecule has 0 atom stereocenters. The Bertz CT molecular complexity index is 113. The van der Waals surface area contributed by atoms with Gasteiger partial charge in [-0.1, -0.05) is 0 Å². The quantitative estimate of drug-likeness (QED) is 0.197. The third kappa shape index (κ3) is 101. The van der Waals surface area contributed by atoms with Crippen LogP contribution < -0.4 is 59.1 Å². The Hall–Kier alpha value is 1.66. The van der Waals surface area contributed by atoms with Gasteiger partial charge in [-0.15, -0.1) is 11.4 Å². The molecule has 0 saturated carbocycles. The van der Waals surface area contributed by atoms with Gasteiger partial charge in [-0.05, 0) is 20.8 Å². The molecule has 0 aliphatic heterocycles. The summed E-state index contributed by atoms with van der Waals surface area (Å²) in [7, 11) is 0. The number of hydrogen-bond acceptors (Lipinski definition) is 6. The Morgan fingerprint density at radius 1 is 1.21 bits per heavy atom. The van der Waals surface area contributed by atoms with Crippen molar-refractivity contribution < 1.29 is 87.4 Å². The summed E-state index contributed by atoms with van der Waals surface area (Å²) in [6.45, 7) is 7.31. The van der Waals surface area contributed by atoms with Crippen LogP contribution in [0.5, 0.6) is 0 Å². The fourth-order valence-electron chi connectivity index (χ4n) is 0. The monoisotopic (exact) mass is 246 g/mol. The molecule has 0 unspecified atom stereocenters. The van der Waals surface area contributed by atoms with Crippen molar-refractivity contribution in [2.75, 3.05) is 0 Å². The third-order valence-electron chi connectivity index (χ3n) is 0.274. The van der Waals surface area contributed by atoms with Crippen molar-refractivity contribution in [3.05, 3.63) is 0 Å². The minimum absolute atomic E-state index is 0. The largest absolute Gasteiger partial charge is 1.00 e. The smallest absolute Gasteiger partial charge is 0.784 e. The molecule has 0 aromatic rings. The second-order valence-corrected chi connectivity index (χ2v) is 2.82. The number of carbonyl (C=O) groups excluding carboxylic acids is 1. The van der Waals surface area contributed by atoms with Crippen LogP contribution in [-0.4, -0.2) is 31.0 Å².